The maximum Gasteiger partial charge on any atom is 0.165 e. The molecule has 0 amide bonds. The van der Waals surface area contributed by atoms with Crippen LogP contribution < -0.4 is 9.47 Å². The highest BCUT2D eigenvalue weighted by Crippen LogP contribution is 2.34. The average Bonchev–Trinajstić information content (AvgIpc) is 3.29. The van der Waals surface area contributed by atoms with Crippen molar-refractivity contribution >= 4 is 11.6 Å². The summed E-state index contributed by atoms with van der Waals surface area (Å²) in [5.41, 5.74) is 1.55. The maximum atomic E-state index is 14.6. The molecule has 0 radical (unpaired) electrons. The summed E-state index contributed by atoms with van der Waals surface area (Å²) >= 11 is 5.78. The molecule has 1 aromatic heterocycles. The third-order valence-electron chi connectivity index (χ3n) is 5.58. The molecule has 2 aromatic carbocycles. The first kappa shape index (κ1) is 25.9. The Labute approximate surface area is 203 Å². The largest absolute Gasteiger partial charge is 0.491 e. The molecule has 0 aliphatic rings. The monoisotopic (exact) mass is 492 g/mol. The van der Waals surface area contributed by atoms with Crippen molar-refractivity contribution in [2.45, 2.75) is 45.5 Å². The van der Waals surface area contributed by atoms with Crippen molar-refractivity contribution < 1.29 is 23.4 Å². The molecule has 2 atom stereocenters. The van der Waals surface area contributed by atoms with Crippen molar-refractivity contribution in [3.05, 3.63) is 71.3 Å². The lowest BCUT2D eigenvalue weighted by atomic mass is 9.78. The Morgan fingerprint density at radius 1 is 1.09 bits per heavy atom. The minimum atomic E-state index is -0.832. The van der Waals surface area contributed by atoms with Gasteiger partial charge in [-0.05, 0) is 35.4 Å². The van der Waals surface area contributed by atoms with Gasteiger partial charge in [-0.25, -0.2) is 13.5 Å². The molecule has 3 aromatic rings. The van der Waals surface area contributed by atoms with Gasteiger partial charge in [0.05, 0.1) is 19.3 Å². The lowest BCUT2D eigenvalue weighted by Gasteiger charge is -2.27. The number of hydrogen-bond acceptors (Lipinski definition) is 5. The van der Waals surface area contributed by atoms with Crippen LogP contribution in [0.5, 0.6) is 11.5 Å². The number of ether oxygens (including phenoxy) is 2. The van der Waals surface area contributed by atoms with E-state index in [9.17, 15) is 13.9 Å². The molecule has 6 nitrogen and oxygen atoms in total. The number of aromatic nitrogens is 3. The predicted molar refractivity (Wildman–Crippen MR) is 127 cm³/mol. The summed E-state index contributed by atoms with van der Waals surface area (Å²) in [7, 11) is 0. The van der Waals surface area contributed by atoms with Crippen molar-refractivity contribution in [3.8, 4) is 11.5 Å². The van der Waals surface area contributed by atoms with Crippen LogP contribution in [0.2, 0.25) is 0 Å². The van der Waals surface area contributed by atoms with Gasteiger partial charge in [-0.2, -0.15) is 0 Å². The minimum absolute atomic E-state index is 0.0442. The summed E-state index contributed by atoms with van der Waals surface area (Å²) in [6, 6.07) is 12.5. The van der Waals surface area contributed by atoms with Gasteiger partial charge >= 0.3 is 0 Å². The fourth-order valence-corrected chi connectivity index (χ4v) is 3.46. The molecule has 0 aliphatic carbocycles. The number of aliphatic hydroxyl groups excluding tert-OH is 1. The Morgan fingerprint density at radius 2 is 1.79 bits per heavy atom. The van der Waals surface area contributed by atoms with Gasteiger partial charge < -0.3 is 14.6 Å². The van der Waals surface area contributed by atoms with Gasteiger partial charge in [-0.1, -0.05) is 44.2 Å². The van der Waals surface area contributed by atoms with E-state index >= 15 is 0 Å². The average molecular weight is 493 g/mol. The highest BCUT2D eigenvalue weighted by molar-refractivity contribution is 6.18. The van der Waals surface area contributed by atoms with Gasteiger partial charge in [-0.3, -0.25) is 0 Å². The number of benzene rings is 2. The van der Waals surface area contributed by atoms with E-state index in [0.717, 1.165) is 11.1 Å². The minimum Gasteiger partial charge on any atom is -0.491 e. The van der Waals surface area contributed by atoms with E-state index in [4.69, 9.17) is 21.1 Å². The maximum absolute atomic E-state index is 14.6. The van der Waals surface area contributed by atoms with E-state index in [1.54, 1.807) is 6.07 Å². The summed E-state index contributed by atoms with van der Waals surface area (Å²) in [6.07, 6.45) is 0.614. The van der Waals surface area contributed by atoms with Gasteiger partial charge in [0.2, 0.25) is 0 Å². The van der Waals surface area contributed by atoms with Crippen LogP contribution in [0.25, 0.3) is 0 Å². The SMILES string of the molecule is C[C@H](CCl)COc1ccc(C(C)(C)c2ccc(OC[C@@H](O)Cn3cc(C[18F])nn3)cc2)cc1F. The van der Waals surface area contributed by atoms with Crippen molar-refractivity contribution in [2.75, 3.05) is 19.1 Å². The molecule has 0 aliphatic heterocycles. The zero-order chi connectivity index (χ0) is 24.7. The Balaban J connectivity index is 1.59. The number of halogens is 3. The zero-order valence-electron chi connectivity index (χ0n) is 19.5. The predicted octanol–water partition coefficient (Wildman–Crippen LogP) is 4.91. The lowest BCUT2D eigenvalue weighted by Crippen LogP contribution is -2.24. The Bertz CT molecular complexity index is 1060. The van der Waals surface area contributed by atoms with E-state index in [0.29, 0.717) is 18.2 Å². The second-order valence-electron chi connectivity index (χ2n) is 8.90. The molecule has 0 saturated heterocycles. The number of nitrogens with zero attached hydrogens (tertiary/aromatic N) is 3. The second-order valence-corrected chi connectivity index (χ2v) is 9.20. The quantitative estimate of drug-likeness (QED) is 0.364. The fraction of sp³-hybridized carbons (Fsp3) is 0.440. The second kappa shape index (κ2) is 11.6. The molecule has 1 N–H and O–H groups in total. The molecular formula is C25H30ClF2N3O3. The van der Waals surface area contributed by atoms with Crippen LogP contribution in [0.1, 0.15) is 37.6 Å². The molecule has 34 heavy (non-hydrogen) atoms. The topological polar surface area (TPSA) is 69.4 Å². The molecule has 0 unspecified atom stereocenters. The lowest BCUT2D eigenvalue weighted by molar-refractivity contribution is 0.0888. The van der Waals surface area contributed by atoms with Crippen molar-refractivity contribution in [2.24, 2.45) is 5.92 Å². The summed E-state index contributed by atoms with van der Waals surface area (Å²) in [4.78, 5) is 0. The van der Waals surface area contributed by atoms with E-state index < -0.39 is 24.0 Å². The van der Waals surface area contributed by atoms with Gasteiger partial charge in [0.1, 0.15) is 30.8 Å². The van der Waals surface area contributed by atoms with Gasteiger partial charge in [0.25, 0.3) is 0 Å². The third-order valence-corrected chi connectivity index (χ3v) is 6.11. The van der Waals surface area contributed by atoms with Crippen molar-refractivity contribution in [1.82, 2.24) is 15.0 Å². The molecule has 3 rings (SSSR count). The molecule has 1 heterocycles. The fourth-order valence-electron chi connectivity index (χ4n) is 3.37. The van der Waals surface area contributed by atoms with E-state index in [-0.39, 0.29) is 30.5 Å². The van der Waals surface area contributed by atoms with Crippen LogP contribution in [-0.2, 0) is 18.6 Å². The summed E-state index contributed by atoms with van der Waals surface area (Å²) in [6.45, 7) is 5.82. The molecule has 184 valence electrons. The molecule has 9 heteroatoms. The molecular weight excluding hydrogens is 463 g/mol. The molecule has 0 fully saturated rings. The first-order chi connectivity index (χ1) is 16.2. The van der Waals surface area contributed by atoms with Crippen LogP contribution in [0.4, 0.5) is 8.78 Å². The van der Waals surface area contributed by atoms with Crippen LogP contribution in [0.15, 0.2) is 48.7 Å². The van der Waals surface area contributed by atoms with Gasteiger partial charge in [-0.15, -0.1) is 16.7 Å². The standard InChI is InChI=1S/C25H30ClF2N3O3/c1-17(11-26)15-34-24-9-6-19(10-23(24)28)25(2,3)18-4-7-22(8-5-18)33-16-21(32)14-31-13-20(12-27)29-30-31/h4-10,13,17,21,32H,11-12,14-16H2,1-3H3/t17-,21+/m1/s1/i27-1. The zero-order valence-corrected chi connectivity index (χ0v) is 20.3. The third kappa shape index (κ3) is 6.67. The van der Waals surface area contributed by atoms with Crippen LogP contribution >= 0.6 is 11.6 Å². The van der Waals surface area contributed by atoms with E-state index in [2.05, 4.69) is 10.3 Å². The highest BCUT2D eigenvalue weighted by atomic mass is 35.5. The number of aliphatic hydroxyl groups is 1. The Hall–Kier alpha value is -2.71. The molecule has 0 saturated carbocycles. The normalized spacial score (nSPS) is 13.5. The Morgan fingerprint density at radius 3 is 2.41 bits per heavy atom. The van der Waals surface area contributed by atoms with Gasteiger partial charge in [0.15, 0.2) is 11.6 Å². The first-order valence-electron chi connectivity index (χ1n) is 11.1. The summed E-state index contributed by atoms with van der Waals surface area (Å²) in [5, 5.41) is 17.5. The van der Waals surface area contributed by atoms with Crippen molar-refractivity contribution in [1.29, 1.82) is 0 Å². The van der Waals surface area contributed by atoms with Crippen LogP contribution in [0.3, 0.4) is 0 Å². The molecule has 0 bridgehead atoms. The number of alkyl halides is 2. The van der Waals surface area contributed by atoms with Crippen molar-refractivity contribution in [3.63, 3.8) is 0 Å². The highest BCUT2D eigenvalue weighted by Gasteiger charge is 2.24. The smallest absolute Gasteiger partial charge is 0.165 e. The Kier molecular flexibility index (Phi) is 8.85. The summed E-state index contributed by atoms with van der Waals surface area (Å²) < 4.78 is 39.8. The van der Waals surface area contributed by atoms with E-state index in [1.165, 1.54) is 16.9 Å². The number of hydrogen-bond donors (Lipinski definition) is 1. The number of rotatable bonds is 12. The molecule has 0 spiro atoms. The van der Waals surface area contributed by atoms with Crippen LogP contribution in [0, 0.1) is 11.7 Å². The van der Waals surface area contributed by atoms with Gasteiger partial charge in [0, 0.05) is 17.2 Å². The van der Waals surface area contributed by atoms with E-state index in [1.807, 2.05) is 51.1 Å². The van der Waals surface area contributed by atoms with Crippen LogP contribution in [-0.4, -0.2) is 45.3 Å². The summed E-state index contributed by atoms with van der Waals surface area (Å²) in [5.74, 6) is 0.980. The first-order valence-corrected chi connectivity index (χ1v) is 11.6.